The Kier molecular flexibility index (Phi) is 4.54. The summed E-state index contributed by atoms with van der Waals surface area (Å²) in [6.07, 6.45) is 1.82. The number of methoxy groups -OCH3 is 1. The van der Waals surface area contributed by atoms with Crippen LogP contribution in [0, 0.1) is 11.6 Å². The number of ether oxygens (including phenoxy) is 1. The first-order chi connectivity index (χ1) is 11.6. The van der Waals surface area contributed by atoms with Crippen LogP contribution in [0.4, 0.5) is 14.5 Å². The number of anilines is 1. The number of nitrogens with one attached hydrogen (secondary N) is 1. The van der Waals surface area contributed by atoms with E-state index in [4.69, 9.17) is 4.74 Å². The Morgan fingerprint density at radius 1 is 1.33 bits per heavy atom. The van der Waals surface area contributed by atoms with Gasteiger partial charge in [-0.25, -0.2) is 18.7 Å². The van der Waals surface area contributed by atoms with Gasteiger partial charge in [0.2, 0.25) is 5.88 Å². The van der Waals surface area contributed by atoms with Gasteiger partial charge in [-0.3, -0.25) is 4.79 Å². The largest absolute Gasteiger partial charge is 0.481 e. The highest BCUT2D eigenvalue weighted by Gasteiger charge is 2.28. The zero-order valence-corrected chi connectivity index (χ0v) is 13.0. The van der Waals surface area contributed by atoms with E-state index >= 15 is 0 Å². The van der Waals surface area contributed by atoms with Gasteiger partial charge in [-0.15, -0.1) is 0 Å². The summed E-state index contributed by atoms with van der Waals surface area (Å²) in [4.78, 5) is 21.6. The molecular weight excluding hydrogens is 318 g/mol. The Bertz CT molecular complexity index is 736. The van der Waals surface area contributed by atoms with Crippen molar-refractivity contribution in [3.63, 3.8) is 0 Å². The van der Waals surface area contributed by atoms with E-state index in [1.54, 1.807) is 4.90 Å². The van der Waals surface area contributed by atoms with Crippen molar-refractivity contribution in [3.05, 3.63) is 47.9 Å². The Labute approximate surface area is 137 Å². The molecule has 126 valence electrons. The predicted octanol–water partition coefficient (Wildman–Crippen LogP) is 1.77. The van der Waals surface area contributed by atoms with Crippen LogP contribution in [0.1, 0.15) is 16.9 Å². The molecule has 1 atom stereocenters. The first-order valence-corrected chi connectivity index (χ1v) is 7.44. The highest BCUT2D eigenvalue weighted by Crippen LogP contribution is 2.26. The van der Waals surface area contributed by atoms with Crippen LogP contribution in [0.25, 0.3) is 0 Å². The number of carbonyl (C=O) groups excluding carboxylic acids is 1. The number of rotatable bonds is 4. The smallest absolute Gasteiger partial charge is 0.270 e. The molecule has 1 aromatic heterocycles. The third-order valence-electron chi connectivity index (χ3n) is 3.86. The maximum Gasteiger partial charge on any atom is 0.270 e. The fraction of sp³-hybridized carbons (Fsp3) is 0.312. The van der Waals surface area contributed by atoms with E-state index in [1.807, 2.05) is 0 Å². The first kappa shape index (κ1) is 16.1. The predicted molar refractivity (Wildman–Crippen MR) is 83.0 cm³/mol. The van der Waals surface area contributed by atoms with Crippen molar-refractivity contribution in [2.45, 2.75) is 12.5 Å². The molecule has 6 nitrogen and oxygen atoms in total. The van der Waals surface area contributed by atoms with Gasteiger partial charge in [-0.05, 0) is 18.6 Å². The lowest BCUT2D eigenvalue weighted by atomic mass is 10.2. The maximum absolute atomic E-state index is 13.8. The number of halogens is 2. The summed E-state index contributed by atoms with van der Waals surface area (Å²) in [7, 11) is 1.45. The van der Waals surface area contributed by atoms with Crippen molar-refractivity contribution in [1.82, 2.24) is 15.3 Å². The third-order valence-corrected chi connectivity index (χ3v) is 3.86. The van der Waals surface area contributed by atoms with Gasteiger partial charge in [0.05, 0.1) is 7.11 Å². The second kappa shape index (κ2) is 6.77. The number of aromatic nitrogens is 2. The Morgan fingerprint density at radius 3 is 2.79 bits per heavy atom. The zero-order valence-electron chi connectivity index (χ0n) is 13.0. The number of hydrogen-bond acceptors (Lipinski definition) is 5. The molecule has 0 spiro atoms. The topological polar surface area (TPSA) is 67.3 Å². The number of benzene rings is 1. The van der Waals surface area contributed by atoms with Gasteiger partial charge in [0.25, 0.3) is 5.91 Å². The van der Waals surface area contributed by atoms with Crippen LogP contribution >= 0.6 is 0 Å². The van der Waals surface area contributed by atoms with Gasteiger partial charge in [0, 0.05) is 25.2 Å². The summed E-state index contributed by atoms with van der Waals surface area (Å²) in [6.45, 7) is 0.779. The molecule has 1 unspecified atom stereocenters. The van der Waals surface area contributed by atoms with Gasteiger partial charge in [-0.1, -0.05) is 6.07 Å². The van der Waals surface area contributed by atoms with Crippen LogP contribution in [-0.2, 0) is 0 Å². The molecule has 1 amide bonds. The van der Waals surface area contributed by atoms with E-state index in [-0.39, 0.29) is 29.2 Å². The van der Waals surface area contributed by atoms with Crippen molar-refractivity contribution in [2.24, 2.45) is 0 Å². The highest BCUT2D eigenvalue weighted by molar-refractivity contribution is 5.92. The Morgan fingerprint density at radius 2 is 2.08 bits per heavy atom. The van der Waals surface area contributed by atoms with Gasteiger partial charge in [0.15, 0.2) is 0 Å². The molecule has 1 fully saturated rings. The molecule has 0 bridgehead atoms. The van der Waals surface area contributed by atoms with Crippen molar-refractivity contribution < 1.29 is 18.3 Å². The second-order valence-corrected chi connectivity index (χ2v) is 5.42. The average Bonchev–Trinajstić information content (AvgIpc) is 3.02. The molecular formula is C16H16F2N4O2. The summed E-state index contributed by atoms with van der Waals surface area (Å²) in [5.41, 5.74) is 0.121. The van der Waals surface area contributed by atoms with Crippen molar-refractivity contribution in [2.75, 3.05) is 25.1 Å². The average molecular weight is 334 g/mol. The van der Waals surface area contributed by atoms with Crippen LogP contribution in [-0.4, -0.2) is 42.1 Å². The summed E-state index contributed by atoms with van der Waals surface area (Å²) in [6, 6.07) is 4.97. The molecule has 1 N–H and O–H groups in total. The van der Waals surface area contributed by atoms with Gasteiger partial charge in [0.1, 0.15) is 29.3 Å². The number of nitrogens with zero attached hydrogens (tertiary/aromatic N) is 3. The molecule has 2 aromatic rings. The minimum Gasteiger partial charge on any atom is -0.481 e. The molecule has 24 heavy (non-hydrogen) atoms. The normalized spacial score (nSPS) is 17.0. The van der Waals surface area contributed by atoms with Crippen molar-refractivity contribution in [3.8, 4) is 5.88 Å². The van der Waals surface area contributed by atoms with Crippen LogP contribution in [0.15, 0.2) is 30.6 Å². The summed E-state index contributed by atoms with van der Waals surface area (Å²) >= 11 is 0. The monoisotopic (exact) mass is 334 g/mol. The molecule has 3 rings (SSSR count). The highest BCUT2D eigenvalue weighted by atomic mass is 19.1. The molecule has 0 saturated carbocycles. The lowest BCUT2D eigenvalue weighted by Crippen LogP contribution is -2.37. The minimum atomic E-state index is -0.609. The van der Waals surface area contributed by atoms with Gasteiger partial charge in [-0.2, -0.15) is 0 Å². The maximum atomic E-state index is 13.8. The number of carbonyl (C=O) groups is 1. The third kappa shape index (κ3) is 3.27. The Hall–Kier alpha value is -2.77. The fourth-order valence-electron chi connectivity index (χ4n) is 2.71. The minimum absolute atomic E-state index is 0.0574. The number of amides is 1. The number of para-hydroxylation sites is 1. The van der Waals surface area contributed by atoms with Crippen molar-refractivity contribution >= 4 is 11.6 Å². The summed E-state index contributed by atoms with van der Waals surface area (Å²) in [5, 5.41) is 2.81. The van der Waals surface area contributed by atoms with E-state index in [1.165, 1.54) is 37.7 Å². The molecule has 0 radical (unpaired) electrons. The van der Waals surface area contributed by atoms with Crippen LogP contribution < -0.4 is 15.0 Å². The fourth-order valence-corrected chi connectivity index (χ4v) is 2.71. The van der Waals surface area contributed by atoms with Crippen LogP contribution in [0.3, 0.4) is 0 Å². The summed E-state index contributed by atoms with van der Waals surface area (Å²) in [5.74, 6) is -1.31. The molecule has 2 heterocycles. The van der Waals surface area contributed by atoms with E-state index in [0.717, 1.165) is 0 Å². The molecule has 1 aromatic carbocycles. The first-order valence-electron chi connectivity index (χ1n) is 7.44. The molecule has 1 saturated heterocycles. The number of hydrogen-bond donors (Lipinski definition) is 1. The van der Waals surface area contributed by atoms with E-state index in [0.29, 0.717) is 19.5 Å². The van der Waals surface area contributed by atoms with E-state index in [9.17, 15) is 13.6 Å². The zero-order chi connectivity index (χ0) is 17.1. The van der Waals surface area contributed by atoms with E-state index < -0.39 is 11.6 Å². The van der Waals surface area contributed by atoms with E-state index in [2.05, 4.69) is 15.3 Å². The van der Waals surface area contributed by atoms with Gasteiger partial charge >= 0.3 is 0 Å². The van der Waals surface area contributed by atoms with Gasteiger partial charge < -0.3 is 15.0 Å². The second-order valence-electron chi connectivity index (χ2n) is 5.42. The molecule has 1 aliphatic rings. The standard InChI is InChI=1S/C16H16F2N4O2/c1-24-14-7-13(19-9-20-14)16(23)21-10-5-6-22(8-10)15-11(17)3-2-4-12(15)18/h2-4,7,9-10H,5-6,8H2,1H3,(H,21,23). The SMILES string of the molecule is COc1cc(C(=O)NC2CCN(c3c(F)cccc3F)C2)ncn1. The van der Waals surface area contributed by atoms with Crippen LogP contribution in [0.5, 0.6) is 5.88 Å². The van der Waals surface area contributed by atoms with Crippen molar-refractivity contribution in [1.29, 1.82) is 0 Å². The Balaban J connectivity index is 1.67. The summed E-state index contributed by atoms with van der Waals surface area (Å²) < 4.78 is 32.6. The lowest BCUT2D eigenvalue weighted by molar-refractivity contribution is 0.0934. The van der Waals surface area contributed by atoms with Crippen LogP contribution in [0.2, 0.25) is 0 Å². The lowest BCUT2D eigenvalue weighted by Gasteiger charge is -2.20. The molecule has 0 aliphatic carbocycles. The molecule has 8 heteroatoms. The molecule has 1 aliphatic heterocycles. The quantitative estimate of drug-likeness (QED) is 0.923.